The molecule has 3 saturated carbocycles. The van der Waals surface area contributed by atoms with Crippen molar-refractivity contribution < 1.29 is 160 Å². The van der Waals surface area contributed by atoms with Crippen LogP contribution < -0.4 is 23.7 Å². The lowest BCUT2D eigenvalue weighted by Gasteiger charge is -2.27. The molecule has 3 aliphatic carbocycles. The quantitative estimate of drug-likeness (QED) is 0.00620. The molecular formula is C106H121FN4O32S4. The Balaban J connectivity index is 0.000000476. The van der Waals surface area contributed by atoms with Crippen molar-refractivity contribution >= 4 is 137 Å². The van der Waals surface area contributed by atoms with E-state index in [2.05, 4.69) is 29.4 Å². The van der Waals surface area contributed by atoms with Crippen LogP contribution in [0.5, 0.6) is 40.2 Å². The highest BCUT2D eigenvalue weighted by molar-refractivity contribution is 8.24. The Hall–Kier alpha value is -14.0. The van der Waals surface area contributed by atoms with Gasteiger partial charge in [0.15, 0.2) is 6.07 Å². The summed E-state index contributed by atoms with van der Waals surface area (Å²) in [5.74, 6) is -9.34. The van der Waals surface area contributed by atoms with Crippen LogP contribution in [-0.4, -0.2) is 175 Å². The fourth-order valence-corrected chi connectivity index (χ4v) is 20.1. The van der Waals surface area contributed by atoms with E-state index in [1.807, 2.05) is 12.1 Å². The highest BCUT2D eigenvalue weighted by atomic mass is 32.2. The van der Waals surface area contributed by atoms with Crippen molar-refractivity contribution in [2.75, 3.05) is 59.5 Å². The zero-order chi connectivity index (χ0) is 107. The van der Waals surface area contributed by atoms with Gasteiger partial charge in [0, 0.05) is 55.2 Å². The van der Waals surface area contributed by atoms with Crippen molar-refractivity contribution in [3.63, 3.8) is 0 Å². The molecule has 2 atom stereocenters. The SMILES string of the molecule is C=CC(=O)OCC(C)(C)COC(=O)CCC(=O)OCCc1ccc(OC(=O)C2CCC(C(=O)O)CC2)cc1.F.[C-]#[N+]/C(C#N)=C1/Sc2c(OC(=O)C3CCC(C(=O)Oc4ccc(CCOC(=O)CCC(=O)OCC(C)(C)COC(=O)C=C)cc4)CC3)cc(C)c(OC(=O)C3CCC(C(=O)Oc4ccc(CCOC(=O)CCC(=O)OCC(C)(C)COC(=O)C=C)cc4)CC3)c2S1.[C-]#[N+]C(C#N)C1Sc2c(O)cc(C)c(O)c2S1.[HH]. The number of hydrogen-bond donors (Lipinski definition) is 3. The van der Waals surface area contributed by atoms with Gasteiger partial charge in [0.2, 0.25) is 0 Å². The number of thioether (sulfide) groups is 4. The lowest BCUT2D eigenvalue weighted by molar-refractivity contribution is -0.154. The van der Waals surface area contributed by atoms with Crippen molar-refractivity contribution in [1.29, 1.82) is 10.5 Å². The number of aryl methyl sites for hydroxylation is 2. The summed E-state index contributed by atoms with van der Waals surface area (Å²) in [7, 11) is 0. The molecule has 2 heterocycles. The van der Waals surface area contributed by atoms with E-state index in [9.17, 15) is 87.4 Å². The number of allylic oxidation sites excluding steroid dienone is 1. The number of hydrogen-bond acceptors (Lipinski definition) is 37. The molecule has 0 saturated heterocycles. The van der Waals surface area contributed by atoms with Crippen LogP contribution in [0.25, 0.3) is 9.69 Å². The number of phenols is 2. The second-order valence-corrected chi connectivity index (χ2v) is 42.0. The molecular weight excluding hydrogens is 1990 g/mol. The number of carbonyl (C=O) groups is 15. The highest BCUT2D eigenvalue weighted by Gasteiger charge is 2.42. The fraction of sp³-hybridized carbons (Fsp3) is 0.462. The minimum atomic E-state index is -0.817. The van der Waals surface area contributed by atoms with Gasteiger partial charge in [-0.2, -0.15) is 5.26 Å². The first kappa shape index (κ1) is 120. The number of aromatic hydroxyl groups is 2. The van der Waals surface area contributed by atoms with E-state index in [-0.39, 0.29) is 155 Å². The molecule has 0 radical (unpaired) electrons. The molecule has 788 valence electrons. The summed E-state index contributed by atoms with van der Waals surface area (Å²) in [6, 6.07) is 26.5. The van der Waals surface area contributed by atoms with Gasteiger partial charge < -0.3 is 81.6 Å². The first-order valence-corrected chi connectivity index (χ1v) is 50.4. The minimum absolute atomic E-state index is 0. The summed E-state index contributed by atoms with van der Waals surface area (Å²) in [6.45, 7) is 38.9. The monoisotopic (exact) mass is 2110 g/mol. The number of nitriles is 2. The third-order valence-electron chi connectivity index (χ3n) is 23.3. The molecule has 0 spiro atoms. The van der Waals surface area contributed by atoms with Crippen LogP contribution >= 0.6 is 47.0 Å². The largest absolute Gasteiger partial charge is 0.507 e. The molecule has 41 heteroatoms. The third-order valence-corrected chi connectivity index (χ3v) is 28.9. The van der Waals surface area contributed by atoms with Crippen LogP contribution in [-0.2, 0) is 134 Å². The predicted octanol–water partition coefficient (Wildman–Crippen LogP) is 17.6. The average Bonchev–Trinajstić information content (AvgIpc) is 1.62. The highest BCUT2D eigenvalue weighted by Crippen LogP contribution is 2.61. The second kappa shape index (κ2) is 59.0. The Morgan fingerprint density at radius 1 is 0.429 bits per heavy atom. The number of nitrogens with zero attached hydrogens (tertiary/aromatic N) is 4. The lowest BCUT2D eigenvalue weighted by atomic mass is 9.82. The molecule has 5 aliphatic rings. The molecule has 147 heavy (non-hydrogen) atoms. The molecule has 0 aromatic heterocycles. The van der Waals surface area contributed by atoms with E-state index in [4.69, 9.17) is 89.8 Å². The number of carboxylic acids is 1. The van der Waals surface area contributed by atoms with Crippen LogP contribution in [0.2, 0.25) is 0 Å². The molecule has 5 aromatic carbocycles. The predicted molar refractivity (Wildman–Crippen MR) is 534 cm³/mol. The van der Waals surface area contributed by atoms with Crippen molar-refractivity contribution in [2.24, 2.45) is 51.8 Å². The van der Waals surface area contributed by atoms with Crippen LogP contribution in [0.4, 0.5) is 4.70 Å². The Kier molecular flexibility index (Phi) is 48.1. The van der Waals surface area contributed by atoms with Gasteiger partial charge in [-0.05, 0) is 167 Å². The van der Waals surface area contributed by atoms with Gasteiger partial charge in [-0.15, -0.1) is 0 Å². The van der Waals surface area contributed by atoms with E-state index < -0.39 is 130 Å². The molecule has 5 aromatic rings. The van der Waals surface area contributed by atoms with Crippen molar-refractivity contribution in [3.05, 3.63) is 183 Å². The Labute approximate surface area is 869 Å². The van der Waals surface area contributed by atoms with Crippen LogP contribution in [0.15, 0.2) is 152 Å². The number of ether oxygens (including phenoxy) is 14. The van der Waals surface area contributed by atoms with Gasteiger partial charge in [0.25, 0.3) is 5.70 Å². The van der Waals surface area contributed by atoms with E-state index in [1.165, 1.54) is 29.6 Å². The molecule has 2 aliphatic heterocycles. The standard InChI is InChI=1S/C67H74N2O20S2.C28H36O10.C11H8N2O2S2.FH.H2/c1-9-52(70)82-37-66(4,5)39-84-56(74)29-27-54(72)80-33-31-42-11-23-48(24-12-42)86-61(76)44-15-19-46(20-16-44)63(78)88-51-35-41(3)58(60-59(51)90-65(91-60)50(36-68)69-8)89-64(79)47-21-17-45(18-22-47)62(77)87-49-25-13-43(14-26-49)32-34-81-55(73)28-30-57(75)85-40-67(6,7)38-83-53(71)10-2;1-4-23(29)36-17-28(2,3)18-37-25(31)14-13-24(30)35-16-15-19-5-11-22(12-6-19)38-27(34)21-9-7-20(8-10-21)26(32)33;1-5-3-7(14)9-10(8(5)15)17-11(16-9)6(4-12)13-2;;/h9-14,23-26,35,44-47H,1-2,15-22,27-34,37-40H2,3-7H3;4-6,11-12,20-21H,1,7-10,13-18H2,2-3H3,(H,32,33);3,6,11,14-15H,1H3;2*1H/b65-50-;;;;. The first-order chi connectivity index (χ1) is 69.4. The number of esters is 14. The van der Waals surface area contributed by atoms with Crippen molar-refractivity contribution in [2.45, 2.75) is 220 Å². The summed E-state index contributed by atoms with van der Waals surface area (Å²) in [6.07, 6.45) is 8.13. The van der Waals surface area contributed by atoms with Gasteiger partial charge in [-0.25, -0.2) is 31.1 Å². The molecule has 0 amide bonds. The first-order valence-electron chi connectivity index (χ1n) is 47.0. The number of rotatable bonds is 45. The number of carbonyl (C=O) groups excluding carboxylic acids is 14. The number of halogens is 1. The Morgan fingerprint density at radius 3 is 1.05 bits per heavy atom. The van der Waals surface area contributed by atoms with Crippen molar-refractivity contribution in [1.82, 2.24) is 0 Å². The lowest BCUT2D eigenvalue weighted by Crippen LogP contribution is -2.31. The van der Waals surface area contributed by atoms with Crippen LogP contribution in [0, 0.1) is 101 Å². The van der Waals surface area contributed by atoms with Gasteiger partial charge in [-0.1, -0.05) is 145 Å². The number of benzene rings is 5. The zero-order valence-electron chi connectivity index (χ0n) is 82.8. The second-order valence-electron chi connectivity index (χ2n) is 37.1. The minimum Gasteiger partial charge on any atom is -0.507 e. The van der Waals surface area contributed by atoms with E-state index in [0.717, 1.165) is 58.4 Å². The number of carboxylic acid groups (broad SMARTS) is 1. The summed E-state index contributed by atoms with van der Waals surface area (Å²) in [5.41, 5.74) is 1.52. The smallest absolute Gasteiger partial charge is 0.330 e. The summed E-state index contributed by atoms with van der Waals surface area (Å²) < 4.78 is 75.3. The van der Waals surface area contributed by atoms with E-state index in [1.54, 1.807) is 134 Å². The van der Waals surface area contributed by atoms with Gasteiger partial charge in [0.1, 0.15) is 44.8 Å². The molecule has 10 rings (SSSR count). The van der Waals surface area contributed by atoms with Gasteiger partial charge in [0.05, 0.1) is 170 Å². The maximum absolute atomic E-state index is 13.8. The number of aliphatic carboxylic acids is 1. The average molecular weight is 2110 g/mol. The molecule has 0 bridgehead atoms. The molecule has 2 unspecified atom stereocenters. The number of fused-ring (bicyclic) bond motifs is 2. The summed E-state index contributed by atoms with van der Waals surface area (Å²) in [4.78, 5) is 193. The van der Waals surface area contributed by atoms with Gasteiger partial charge in [-0.3, -0.25) is 67.1 Å². The molecule has 3 N–H and O–H groups in total. The zero-order valence-corrected chi connectivity index (χ0v) is 86.0. The Bertz CT molecular complexity index is 5790. The van der Waals surface area contributed by atoms with Crippen molar-refractivity contribution in [3.8, 4) is 52.4 Å². The molecule has 3 fully saturated rings. The Morgan fingerprint density at radius 2 is 0.735 bits per heavy atom. The summed E-state index contributed by atoms with van der Waals surface area (Å²) >= 11 is 4.66. The topological polar surface area (TPSA) is 502 Å². The van der Waals surface area contributed by atoms with Crippen LogP contribution in [0.1, 0.15) is 186 Å². The number of phenolic OH excluding ortho intramolecular Hbond substituents is 2. The van der Waals surface area contributed by atoms with Gasteiger partial charge >= 0.3 is 95.6 Å². The fourth-order valence-electron chi connectivity index (χ4n) is 14.7. The summed E-state index contributed by atoms with van der Waals surface area (Å²) in [5, 5.41) is 47.3. The molecule has 36 nitrogen and oxygen atoms in total. The van der Waals surface area contributed by atoms with E-state index >= 15 is 0 Å². The third kappa shape index (κ3) is 39.7. The van der Waals surface area contributed by atoms with Crippen LogP contribution in [0.3, 0.4) is 0 Å². The normalized spacial score (nSPS) is 17.4. The maximum Gasteiger partial charge on any atom is 0.330 e. The maximum atomic E-state index is 13.8. The van der Waals surface area contributed by atoms with E-state index in [0.29, 0.717) is 149 Å².